The van der Waals surface area contributed by atoms with Crippen molar-refractivity contribution in [3.05, 3.63) is 83.4 Å². The minimum atomic E-state index is -4.66. The van der Waals surface area contributed by atoms with Gasteiger partial charge < -0.3 is 4.90 Å². The number of likely N-dealkylation sites (tertiary alicyclic amines) is 1. The van der Waals surface area contributed by atoms with Crippen LogP contribution >= 0.6 is 0 Å². The lowest BCUT2D eigenvalue weighted by atomic mass is 9.87. The predicted octanol–water partition coefficient (Wildman–Crippen LogP) is 5.09. The number of nitrogens with one attached hydrogen (secondary N) is 2. The number of aromatic nitrogens is 2. The summed E-state index contributed by atoms with van der Waals surface area (Å²) < 4.78 is 67.4. The van der Waals surface area contributed by atoms with Crippen molar-refractivity contribution in [1.29, 1.82) is 0 Å². The molecule has 5 nitrogen and oxygen atoms in total. The first kappa shape index (κ1) is 24.7. The molecule has 2 saturated heterocycles. The number of alkyl halides is 3. The van der Waals surface area contributed by atoms with Crippen LogP contribution in [0.4, 0.5) is 22.0 Å². The minimum absolute atomic E-state index is 0.0408. The van der Waals surface area contributed by atoms with E-state index < -0.39 is 17.8 Å². The van der Waals surface area contributed by atoms with E-state index in [1.807, 2.05) is 0 Å². The van der Waals surface area contributed by atoms with Crippen LogP contribution in [0.1, 0.15) is 41.9 Å². The topological polar surface area (TPSA) is 53.1 Å². The summed E-state index contributed by atoms with van der Waals surface area (Å²) in [6.45, 7) is 2.95. The smallest absolute Gasteiger partial charge is 0.303 e. The molecule has 2 aromatic carbocycles. The number of benzene rings is 2. The Bertz CT molecular complexity index is 1190. The fraction of sp³-hybridized carbons (Fsp3) is 0.385. The van der Waals surface area contributed by atoms with Crippen LogP contribution < -0.4 is 10.9 Å². The standard InChI is InChI=1S/C26H26F5N5/c27-20-6-4-16(5-7-20)23-19(13-33-35-23)15-36-10-8-17(9-11-36)24-22(18-2-1-3-21(28)12-18)14-32-25(34-24)26(29,30)31/h1-7,12,14,17,19,23,33,35H,8-11,13,15H2. The van der Waals surface area contributed by atoms with Crippen molar-refractivity contribution in [2.24, 2.45) is 5.92 Å². The second kappa shape index (κ2) is 10.2. The van der Waals surface area contributed by atoms with Gasteiger partial charge in [0.1, 0.15) is 11.6 Å². The second-order valence-electron chi connectivity index (χ2n) is 9.39. The summed E-state index contributed by atoms with van der Waals surface area (Å²) in [4.78, 5) is 9.77. The average Bonchev–Trinajstić information content (AvgIpc) is 3.32. The third-order valence-electron chi connectivity index (χ3n) is 7.00. The van der Waals surface area contributed by atoms with Gasteiger partial charge in [-0.1, -0.05) is 24.3 Å². The highest BCUT2D eigenvalue weighted by Gasteiger charge is 2.37. The quantitative estimate of drug-likeness (QED) is 0.476. The van der Waals surface area contributed by atoms with E-state index in [0.717, 1.165) is 24.8 Å². The molecule has 0 saturated carbocycles. The molecule has 2 atom stereocenters. The lowest BCUT2D eigenvalue weighted by Crippen LogP contribution is -2.38. The van der Waals surface area contributed by atoms with Gasteiger partial charge in [-0.25, -0.2) is 24.2 Å². The molecule has 0 radical (unpaired) electrons. The molecule has 3 aromatic rings. The molecule has 2 N–H and O–H groups in total. The van der Waals surface area contributed by atoms with E-state index in [1.165, 1.54) is 30.3 Å². The normalized spacial score (nSPS) is 21.7. The molecule has 3 heterocycles. The number of hydrogen-bond donors (Lipinski definition) is 2. The maximum atomic E-state index is 13.9. The van der Waals surface area contributed by atoms with Gasteiger partial charge in [0.15, 0.2) is 0 Å². The lowest BCUT2D eigenvalue weighted by Gasteiger charge is -2.35. The number of hydrogen-bond acceptors (Lipinski definition) is 5. The molecule has 0 aliphatic carbocycles. The van der Waals surface area contributed by atoms with Crippen molar-refractivity contribution in [3.63, 3.8) is 0 Å². The Hall–Kier alpha value is -2.95. The Kier molecular flexibility index (Phi) is 7.00. The maximum absolute atomic E-state index is 13.9. The van der Waals surface area contributed by atoms with Gasteiger partial charge in [-0.15, -0.1) is 0 Å². The van der Waals surface area contributed by atoms with Gasteiger partial charge in [-0.3, -0.25) is 5.43 Å². The van der Waals surface area contributed by atoms with E-state index in [-0.39, 0.29) is 23.7 Å². The van der Waals surface area contributed by atoms with E-state index in [0.29, 0.717) is 42.8 Å². The van der Waals surface area contributed by atoms with E-state index >= 15 is 0 Å². The SMILES string of the molecule is Fc1ccc(C2NNCC2CN2CCC(c3nc(C(F)(F)F)ncc3-c3cccc(F)c3)CC2)cc1. The Morgan fingerprint density at radius 2 is 1.72 bits per heavy atom. The first-order chi connectivity index (χ1) is 17.3. The highest BCUT2D eigenvalue weighted by molar-refractivity contribution is 5.65. The molecule has 2 fully saturated rings. The molecule has 0 amide bonds. The summed E-state index contributed by atoms with van der Waals surface area (Å²) >= 11 is 0. The van der Waals surface area contributed by atoms with Crippen LogP contribution in [0.3, 0.4) is 0 Å². The molecule has 0 bridgehead atoms. The zero-order valence-electron chi connectivity index (χ0n) is 19.4. The number of nitrogens with zero attached hydrogens (tertiary/aromatic N) is 3. The summed E-state index contributed by atoms with van der Waals surface area (Å²) in [6.07, 6.45) is -2.24. The van der Waals surface area contributed by atoms with E-state index in [4.69, 9.17) is 0 Å². The maximum Gasteiger partial charge on any atom is 0.451 e. The summed E-state index contributed by atoms with van der Waals surface area (Å²) in [7, 11) is 0. The van der Waals surface area contributed by atoms with Crippen LogP contribution in [0.5, 0.6) is 0 Å². The molecule has 190 valence electrons. The number of hydrazine groups is 1. The van der Waals surface area contributed by atoms with E-state index in [2.05, 4.69) is 25.7 Å². The third kappa shape index (κ3) is 5.40. The fourth-order valence-corrected chi connectivity index (χ4v) is 5.17. The zero-order valence-corrected chi connectivity index (χ0v) is 19.4. The summed E-state index contributed by atoms with van der Waals surface area (Å²) in [5, 5.41) is 0. The largest absolute Gasteiger partial charge is 0.451 e. The fourth-order valence-electron chi connectivity index (χ4n) is 5.17. The van der Waals surface area contributed by atoms with Crippen LogP contribution in [0.2, 0.25) is 0 Å². The van der Waals surface area contributed by atoms with Crippen LogP contribution in [-0.2, 0) is 6.18 Å². The monoisotopic (exact) mass is 503 g/mol. The summed E-state index contributed by atoms with van der Waals surface area (Å²) in [5.74, 6) is -1.87. The van der Waals surface area contributed by atoms with Gasteiger partial charge in [0, 0.05) is 36.7 Å². The molecule has 2 unspecified atom stereocenters. The Labute approximate surface area is 205 Å². The van der Waals surface area contributed by atoms with Crippen LogP contribution in [0, 0.1) is 17.6 Å². The predicted molar refractivity (Wildman–Crippen MR) is 125 cm³/mol. The zero-order chi connectivity index (χ0) is 25.3. The molecular weight excluding hydrogens is 477 g/mol. The Balaban J connectivity index is 1.31. The van der Waals surface area contributed by atoms with Crippen molar-refractivity contribution in [1.82, 2.24) is 25.7 Å². The summed E-state index contributed by atoms with van der Waals surface area (Å²) in [6, 6.07) is 12.3. The third-order valence-corrected chi connectivity index (χ3v) is 7.00. The van der Waals surface area contributed by atoms with Gasteiger partial charge >= 0.3 is 6.18 Å². The van der Waals surface area contributed by atoms with E-state index in [9.17, 15) is 22.0 Å². The molecule has 1 aromatic heterocycles. The lowest BCUT2D eigenvalue weighted by molar-refractivity contribution is -0.145. The first-order valence-electron chi connectivity index (χ1n) is 11.9. The second-order valence-corrected chi connectivity index (χ2v) is 9.39. The van der Waals surface area contributed by atoms with Gasteiger partial charge in [-0.2, -0.15) is 13.2 Å². The average molecular weight is 504 g/mol. The van der Waals surface area contributed by atoms with Crippen molar-refractivity contribution >= 4 is 0 Å². The van der Waals surface area contributed by atoms with Crippen LogP contribution in [0.25, 0.3) is 11.1 Å². The van der Waals surface area contributed by atoms with E-state index in [1.54, 1.807) is 18.2 Å². The van der Waals surface area contributed by atoms with Gasteiger partial charge in [0.2, 0.25) is 5.82 Å². The molecular formula is C26H26F5N5. The number of halogens is 5. The van der Waals surface area contributed by atoms with Crippen molar-refractivity contribution in [2.45, 2.75) is 31.0 Å². The molecule has 2 aliphatic rings. The Morgan fingerprint density at radius 1 is 0.972 bits per heavy atom. The molecule has 36 heavy (non-hydrogen) atoms. The molecule has 2 aliphatic heterocycles. The minimum Gasteiger partial charge on any atom is -0.303 e. The van der Waals surface area contributed by atoms with Crippen molar-refractivity contribution in [2.75, 3.05) is 26.2 Å². The van der Waals surface area contributed by atoms with Crippen molar-refractivity contribution < 1.29 is 22.0 Å². The Morgan fingerprint density at radius 3 is 2.42 bits per heavy atom. The van der Waals surface area contributed by atoms with Gasteiger partial charge in [0.05, 0.1) is 11.7 Å². The number of piperidine rings is 1. The first-order valence-corrected chi connectivity index (χ1v) is 11.9. The molecule has 10 heteroatoms. The van der Waals surface area contributed by atoms with Crippen molar-refractivity contribution in [3.8, 4) is 11.1 Å². The number of rotatable bonds is 5. The van der Waals surface area contributed by atoms with Crippen LogP contribution in [0.15, 0.2) is 54.7 Å². The summed E-state index contributed by atoms with van der Waals surface area (Å²) in [5.41, 5.74) is 8.66. The molecule has 0 spiro atoms. The van der Waals surface area contributed by atoms with Gasteiger partial charge in [0.25, 0.3) is 0 Å². The van der Waals surface area contributed by atoms with Gasteiger partial charge in [-0.05, 0) is 61.3 Å². The molecule has 5 rings (SSSR count). The highest BCUT2D eigenvalue weighted by Crippen LogP contribution is 2.37. The highest BCUT2D eigenvalue weighted by atomic mass is 19.4. The van der Waals surface area contributed by atoms with Crippen LogP contribution in [-0.4, -0.2) is 41.0 Å².